The average molecular weight is 589 g/mol. The maximum atomic E-state index is 13.6. The summed E-state index contributed by atoms with van der Waals surface area (Å²) in [6, 6.07) is 8.54. The zero-order valence-electron chi connectivity index (χ0n) is 22.9. The van der Waals surface area contributed by atoms with Gasteiger partial charge in [0.2, 0.25) is 0 Å². The van der Waals surface area contributed by atoms with Crippen LogP contribution < -0.4 is 20.1 Å². The summed E-state index contributed by atoms with van der Waals surface area (Å²) in [5.41, 5.74) is 1.31. The molecule has 0 fully saturated rings. The molecule has 0 unspecified atom stereocenters. The number of benzene rings is 2. The second kappa shape index (κ2) is 12.9. The number of nitrogens with one attached hydrogen (secondary N) is 3. The third kappa shape index (κ3) is 6.94. The largest absolute Gasteiger partial charge is 0.491 e. The number of carbonyl (C=O) groups is 2. The van der Waals surface area contributed by atoms with Crippen molar-refractivity contribution in [3.05, 3.63) is 60.2 Å². The van der Waals surface area contributed by atoms with Gasteiger partial charge in [-0.1, -0.05) is 13.8 Å². The molecule has 2 heterocycles. The van der Waals surface area contributed by atoms with Gasteiger partial charge < -0.3 is 30.0 Å². The van der Waals surface area contributed by atoms with Crippen molar-refractivity contribution in [2.45, 2.75) is 20.0 Å². The Morgan fingerprint density at radius 2 is 1.81 bits per heavy atom. The molecule has 0 aliphatic rings. The summed E-state index contributed by atoms with van der Waals surface area (Å²) in [5, 5.41) is 6.14. The van der Waals surface area contributed by atoms with E-state index < -0.39 is 29.6 Å². The van der Waals surface area contributed by atoms with Crippen LogP contribution in [0.5, 0.6) is 11.5 Å². The quantitative estimate of drug-likeness (QED) is 0.126. The molecule has 0 saturated heterocycles. The van der Waals surface area contributed by atoms with Gasteiger partial charge in [-0.25, -0.2) is 14.2 Å². The van der Waals surface area contributed by atoms with Crippen molar-refractivity contribution < 1.29 is 36.6 Å². The van der Waals surface area contributed by atoms with Gasteiger partial charge in [-0.2, -0.15) is 13.2 Å². The molecule has 10 nitrogen and oxygen atoms in total. The molecule has 2 aromatic carbocycles. The van der Waals surface area contributed by atoms with E-state index in [9.17, 15) is 27.2 Å². The number of likely N-dealkylation sites (N-methyl/N-ethyl adjacent to an activating group) is 1. The number of H-pyrrole nitrogens is 1. The number of carbonyl (C=O) groups excluding carboxylic acids is 2. The molecule has 2 aromatic heterocycles. The number of ether oxygens (including phenoxy) is 2. The Kier molecular flexibility index (Phi) is 9.25. The zero-order chi connectivity index (χ0) is 30.4. The van der Waals surface area contributed by atoms with Crippen LogP contribution in [-0.2, 0) is 4.79 Å². The number of rotatable bonds is 11. The van der Waals surface area contributed by atoms with Crippen LogP contribution in [0.2, 0.25) is 0 Å². The Morgan fingerprint density at radius 1 is 1.05 bits per heavy atom. The minimum Gasteiger partial charge on any atom is -0.491 e. The first-order valence-electron chi connectivity index (χ1n) is 12.9. The fourth-order valence-electron chi connectivity index (χ4n) is 4.19. The normalized spacial score (nSPS) is 11.5. The summed E-state index contributed by atoms with van der Waals surface area (Å²) < 4.78 is 63.0. The third-order valence-corrected chi connectivity index (χ3v) is 6.35. The van der Waals surface area contributed by atoms with Crippen molar-refractivity contribution in [3.8, 4) is 22.9 Å². The summed E-state index contributed by atoms with van der Waals surface area (Å²) in [6.45, 7) is 6.12. The van der Waals surface area contributed by atoms with Crippen LogP contribution in [0.15, 0.2) is 48.8 Å². The fraction of sp³-hybridized carbons (Fsp3) is 0.286. The lowest BCUT2D eigenvalue weighted by molar-refractivity contribution is -0.189. The van der Waals surface area contributed by atoms with Crippen LogP contribution >= 0.6 is 0 Å². The average Bonchev–Trinajstić information content (AvgIpc) is 3.38. The van der Waals surface area contributed by atoms with E-state index in [-0.39, 0.29) is 29.4 Å². The molecule has 0 aliphatic carbocycles. The minimum absolute atomic E-state index is 0.0485. The molecule has 4 aromatic rings. The van der Waals surface area contributed by atoms with Gasteiger partial charge in [0.25, 0.3) is 5.91 Å². The van der Waals surface area contributed by atoms with Gasteiger partial charge in [0.15, 0.2) is 11.5 Å². The molecule has 3 N–H and O–H groups in total. The molecule has 0 atom stereocenters. The van der Waals surface area contributed by atoms with Gasteiger partial charge in [-0.3, -0.25) is 9.78 Å². The van der Waals surface area contributed by atoms with Gasteiger partial charge in [-0.05, 0) is 49.5 Å². The third-order valence-electron chi connectivity index (χ3n) is 6.35. The van der Waals surface area contributed by atoms with Gasteiger partial charge in [0.1, 0.15) is 17.3 Å². The lowest BCUT2D eigenvalue weighted by Crippen LogP contribution is -2.35. The maximum Gasteiger partial charge on any atom is 0.491 e. The Bertz CT molecular complexity index is 1590. The fourth-order valence-corrected chi connectivity index (χ4v) is 4.19. The maximum absolute atomic E-state index is 13.6. The van der Waals surface area contributed by atoms with Crippen molar-refractivity contribution in [2.24, 2.45) is 0 Å². The van der Waals surface area contributed by atoms with Crippen LogP contribution in [0.3, 0.4) is 0 Å². The van der Waals surface area contributed by atoms with E-state index >= 15 is 0 Å². The van der Waals surface area contributed by atoms with Crippen molar-refractivity contribution in [1.82, 2.24) is 25.2 Å². The molecule has 1 amide bonds. The van der Waals surface area contributed by atoms with Crippen LogP contribution in [0.25, 0.3) is 22.3 Å². The Balaban J connectivity index is 1.66. The molecule has 0 bridgehead atoms. The zero-order valence-corrected chi connectivity index (χ0v) is 22.9. The molecule has 222 valence electrons. The van der Waals surface area contributed by atoms with E-state index in [2.05, 4.69) is 30.3 Å². The molecule has 0 spiro atoms. The highest BCUT2D eigenvalue weighted by Gasteiger charge is 2.42. The second-order valence-electron chi connectivity index (χ2n) is 9.02. The Morgan fingerprint density at radius 3 is 2.50 bits per heavy atom. The molecular formula is C28H28F4N6O4. The smallest absolute Gasteiger partial charge is 0.491 e. The van der Waals surface area contributed by atoms with Crippen LogP contribution in [0.1, 0.15) is 24.2 Å². The monoisotopic (exact) mass is 588 g/mol. The number of halogens is 4. The summed E-state index contributed by atoms with van der Waals surface area (Å²) in [4.78, 5) is 38.5. The van der Waals surface area contributed by atoms with Crippen molar-refractivity contribution >= 4 is 34.3 Å². The van der Waals surface area contributed by atoms with Gasteiger partial charge in [0, 0.05) is 24.0 Å². The molecule has 0 aliphatic heterocycles. The molecule has 4 rings (SSSR count). The number of aromatic amines is 1. The number of alkyl halides is 3. The predicted octanol–water partition coefficient (Wildman–Crippen LogP) is 5.06. The van der Waals surface area contributed by atoms with Gasteiger partial charge in [-0.15, -0.1) is 0 Å². The highest BCUT2D eigenvalue weighted by molar-refractivity contribution is 6.00. The second-order valence-corrected chi connectivity index (χ2v) is 9.02. The predicted molar refractivity (Wildman–Crippen MR) is 147 cm³/mol. The first kappa shape index (κ1) is 30.2. The van der Waals surface area contributed by atoms with Crippen LogP contribution in [0.4, 0.5) is 29.1 Å². The summed E-state index contributed by atoms with van der Waals surface area (Å²) >= 11 is 0. The topological polar surface area (TPSA) is 121 Å². The molecule has 14 heteroatoms. The summed E-state index contributed by atoms with van der Waals surface area (Å²) in [6.07, 6.45) is -2.51. The molecule has 0 saturated carbocycles. The Labute approximate surface area is 238 Å². The number of hydrogen-bond acceptors (Lipinski definition) is 8. The van der Waals surface area contributed by atoms with E-state index in [4.69, 9.17) is 4.74 Å². The van der Waals surface area contributed by atoms with E-state index in [0.29, 0.717) is 28.8 Å². The highest BCUT2D eigenvalue weighted by Crippen LogP contribution is 2.41. The minimum atomic E-state index is -5.33. The van der Waals surface area contributed by atoms with Gasteiger partial charge >= 0.3 is 12.1 Å². The van der Waals surface area contributed by atoms with Crippen molar-refractivity contribution in [2.75, 3.05) is 38.6 Å². The SMILES string of the molecule is CCN(CC)CCNC(=O)c1ccc(Nc2cncc(-c3cc4cc(F)ccc4[nH]3)n2)c(OC)c1OC(=O)C(F)(F)F. The number of fused-ring (bicyclic) bond motifs is 1. The number of hydrogen-bond donors (Lipinski definition) is 3. The lowest BCUT2D eigenvalue weighted by Gasteiger charge is -2.20. The van der Waals surface area contributed by atoms with E-state index in [1.165, 1.54) is 36.7 Å². The van der Waals surface area contributed by atoms with Crippen LogP contribution in [0, 0.1) is 5.82 Å². The Hall–Kier alpha value is -4.72. The van der Waals surface area contributed by atoms with Crippen LogP contribution in [-0.4, -0.2) is 71.2 Å². The van der Waals surface area contributed by atoms with E-state index in [1.54, 1.807) is 12.1 Å². The lowest BCUT2D eigenvalue weighted by atomic mass is 10.1. The van der Waals surface area contributed by atoms with Crippen molar-refractivity contribution in [3.63, 3.8) is 0 Å². The number of esters is 1. The highest BCUT2D eigenvalue weighted by atomic mass is 19.4. The van der Waals surface area contributed by atoms with E-state index in [0.717, 1.165) is 20.2 Å². The first-order chi connectivity index (χ1) is 20.0. The van der Waals surface area contributed by atoms with E-state index in [1.807, 2.05) is 18.7 Å². The molecule has 0 radical (unpaired) electrons. The number of anilines is 2. The standard InChI is InChI=1S/C28H28F4N6O4/c1-4-38(5-2)11-10-34-26(39)18-7-9-20(25(41-3)24(18)42-27(40)28(30,31)32)36-23-15-33-14-22(37-23)21-13-16-12-17(29)6-8-19(16)35-21/h6-9,12-15,35H,4-5,10-11H2,1-3H3,(H,34,39)(H,36,37). The number of aromatic nitrogens is 3. The van der Waals surface area contributed by atoms with Crippen molar-refractivity contribution in [1.29, 1.82) is 0 Å². The summed E-state index contributed by atoms with van der Waals surface area (Å²) in [5.74, 6) is -4.57. The summed E-state index contributed by atoms with van der Waals surface area (Å²) in [7, 11) is 1.15. The number of amides is 1. The first-order valence-corrected chi connectivity index (χ1v) is 12.9. The number of methoxy groups -OCH3 is 1. The molecular weight excluding hydrogens is 560 g/mol. The number of nitrogens with zero attached hydrogens (tertiary/aromatic N) is 3. The molecule has 42 heavy (non-hydrogen) atoms. The van der Waals surface area contributed by atoms with Gasteiger partial charge in [0.05, 0.1) is 36.4 Å².